The summed E-state index contributed by atoms with van der Waals surface area (Å²) in [6, 6.07) is 15.7. The van der Waals surface area contributed by atoms with Crippen LogP contribution in [-0.2, 0) is 16.1 Å². The maximum absolute atomic E-state index is 13.0. The van der Waals surface area contributed by atoms with Crippen LogP contribution in [0.15, 0.2) is 71.4 Å². The van der Waals surface area contributed by atoms with Gasteiger partial charge in [-0.1, -0.05) is 70.1 Å². The molecule has 0 bridgehead atoms. The number of benzene rings is 3. The number of imide groups is 1. The van der Waals surface area contributed by atoms with E-state index in [-0.39, 0.29) is 33.9 Å². The second-order valence-corrected chi connectivity index (χ2v) is 9.42. The van der Waals surface area contributed by atoms with Gasteiger partial charge in [0.2, 0.25) is 0 Å². The Kier molecular flexibility index (Phi) is 7.59. The average molecular weight is 570 g/mol. The fourth-order valence-electron chi connectivity index (χ4n) is 3.31. The first-order chi connectivity index (χ1) is 16.7. The average Bonchev–Trinajstić information content (AvgIpc) is 3.03. The summed E-state index contributed by atoms with van der Waals surface area (Å²) in [5.74, 6) is -1.84. The van der Waals surface area contributed by atoms with Crippen LogP contribution in [0.25, 0.3) is 0 Å². The molecule has 3 aromatic carbocycles. The van der Waals surface area contributed by atoms with Crippen LogP contribution >= 0.6 is 58.0 Å². The van der Waals surface area contributed by atoms with Crippen LogP contribution in [-0.4, -0.2) is 17.7 Å². The number of halogens is 5. The Morgan fingerprint density at radius 1 is 0.800 bits per heavy atom. The molecular formula is C24H14Cl5N3O3. The topological polar surface area (TPSA) is 78.5 Å². The number of carbonyl (C=O) groups is 3. The molecule has 0 saturated carbocycles. The number of nitrogens with zero attached hydrogens (tertiary/aromatic N) is 1. The molecule has 2 N–H and O–H groups in total. The summed E-state index contributed by atoms with van der Waals surface area (Å²) in [5, 5.41) is 6.66. The highest BCUT2D eigenvalue weighted by atomic mass is 35.5. The predicted octanol–water partition coefficient (Wildman–Crippen LogP) is 6.67. The largest absolute Gasteiger partial charge is 0.350 e. The summed E-state index contributed by atoms with van der Waals surface area (Å²) in [5.41, 5.74) is 1.33. The van der Waals surface area contributed by atoms with E-state index in [9.17, 15) is 14.4 Å². The summed E-state index contributed by atoms with van der Waals surface area (Å²) < 4.78 is 0. The van der Waals surface area contributed by atoms with Gasteiger partial charge in [0.15, 0.2) is 0 Å². The number of rotatable bonds is 6. The Hall–Kier alpha value is -2.74. The van der Waals surface area contributed by atoms with E-state index in [4.69, 9.17) is 58.0 Å². The molecule has 3 amide bonds. The molecule has 0 radical (unpaired) electrons. The molecule has 0 fully saturated rings. The number of hydrogen-bond acceptors (Lipinski definition) is 4. The van der Waals surface area contributed by atoms with E-state index in [1.54, 1.807) is 36.4 Å². The molecule has 0 aliphatic carbocycles. The van der Waals surface area contributed by atoms with Crippen molar-refractivity contribution in [3.8, 4) is 0 Å². The van der Waals surface area contributed by atoms with Gasteiger partial charge in [-0.05, 0) is 54.1 Å². The van der Waals surface area contributed by atoms with E-state index in [2.05, 4.69) is 10.6 Å². The van der Waals surface area contributed by atoms with E-state index in [0.717, 1.165) is 4.90 Å². The van der Waals surface area contributed by atoms with Gasteiger partial charge in [-0.25, -0.2) is 4.90 Å². The highest BCUT2D eigenvalue weighted by Gasteiger charge is 2.40. The summed E-state index contributed by atoms with van der Waals surface area (Å²) in [7, 11) is 0. The lowest BCUT2D eigenvalue weighted by molar-refractivity contribution is -0.120. The highest BCUT2D eigenvalue weighted by molar-refractivity contribution is 6.54. The lowest BCUT2D eigenvalue weighted by atomic mass is 10.1. The van der Waals surface area contributed by atoms with Crippen LogP contribution in [0.5, 0.6) is 0 Å². The van der Waals surface area contributed by atoms with Gasteiger partial charge in [0.1, 0.15) is 10.7 Å². The molecule has 0 saturated heterocycles. The molecule has 0 atom stereocenters. The van der Waals surface area contributed by atoms with Gasteiger partial charge in [0, 0.05) is 32.9 Å². The predicted molar refractivity (Wildman–Crippen MR) is 140 cm³/mol. The smallest absolute Gasteiger partial charge is 0.283 e. The number of nitrogens with one attached hydrogen (secondary N) is 2. The third-order valence-corrected chi connectivity index (χ3v) is 6.52. The summed E-state index contributed by atoms with van der Waals surface area (Å²) in [4.78, 5) is 39.2. The van der Waals surface area contributed by atoms with Crippen molar-refractivity contribution >= 4 is 87.1 Å². The second-order valence-electron chi connectivity index (χ2n) is 7.35. The molecule has 0 spiro atoms. The van der Waals surface area contributed by atoms with Gasteiger partial charge < -0.3 is 10.6 Å². The molecule has 11 heteroatoms. The zero-order valence-corrected chi connectivity index (χ0v) is 21.3. The Labute approximate surface area is 225 Å². The zero-order chi connectivity index (χ0) is 25.3. The molecule has 1 aliphatic rings. The number of anilines is 2. The first kappa shape index (κ1) is 25.4. The van der Waals surface area contributed by atoms with Crippen LogP contribution < -0.4 is 15.5 Å². The summed E-state index contributed by atoms with van der Waals surface area (Å²) in [6.07, 6.45) is 0. The normalized spacial score (nSPS) is 13.5. The molecule has 4 rings (SSSR count). The first-order valence-electron chi connectivity index (χ1n) is 9.98. The minimum Gasteiger partial charge on any atom is -0.350 e. The molecule has 1 heterocycles. The van der Waals surface area contributed by atoms with E-state index in [1.807, 2.05) is 0 Å². The lowest BCUT2D eigenvalue weighted by Gasteiger charge is -2.17. The molecular weight excluding hydrogens is 556 g/mol. The second kappa shape index (κ2) is 10.5. The molecule has 6 nitrogen and oxygen atoms in total. The van der Waals surface area contributed by atoms with Gasteiger partial charge in [0.05, 0.1) is 10.7 Å². The Morgan fingerprint density at radius 3 is 2.26 bits per heavy atom. The van der Waals surface area contributed by atoms with Crippen molar-refractivity contribution in [2.75, 3.05) is 10.2 Å². The molecule has 3 aromatic rings. The molecule has 0 unspecified atom stereocenters. The van der Waals surface area contributed by atoms with Gasteiger partial charge >= 0.3 is 0 Å². The maximum atomic E-state index is 13.0. The van der Waals surface area contributed by atoms with Crippen molar-refractivity contribution in [3.05, 3.63) is 103 Å². The molecule has 0 aromatic heterocycles. The van der Waals surface area contributed by atoms with Gasteiger partial charge in [-0.15, -0.1) is 0 Å². The van der Waals surface area contributed by atoms with Crippen molar-refractivity contribution < 1.29 is 14.4 Å². The van der Waals surface area contributed by atoms with Crippen LogP contribution in [0, 0.1) is 0 Å². The Morgan fingerprint density at radius 2 is 1.51 bits per heavy atom. The van der Waals surface area contributed by atoms with Crippen molar-refractivity contribution in [3.63, 3.8) is 0 Å². The van der Waals surface area contributed by atoms with Crippen molar-refractivity contribution in [2.24, 2.45) is 0 Å². The van der Waals surface area contributed by atoms with Crippen LogP contribution in [0.2, 0.25) is 20.1 Å². The van der Waals surface area contributed by atoms with Crippen molar-refractivity contribution in [1.29, 1.82) is 0 Å². The number of carbonyl (C=O) groups excluding carboxylic acids is 3. The standard InChI is InChI=1S/C24H14Cl5N3O3/c25-14-5-4-13(18(28)9-14)11-30-22(33)12-2-1-3-16(8-12)31-21-20(29)23(34)32(24(21)35)19-10-15(26)6-7-17(19)27/h1-10,31H,11H2,(H,30,33). The summed E-state index contributed by atoms with van der Waals surface area (Å²) in [6.45, 7) is 0.186. The lowest BCUT2D eigenvalue weighted by Crippen LogP contribution is -2.32. The van der Waals surface area contributed by atoms with E-state index in [1.165, 1.54) is 24.3 Å². The Balaban J connectivity index is 1.51. The summed E-state index contributed by atoms with van der Waals surface area (Å²) >= 11 is 30.4. The first-order valence-corrected chi connectivity index (χ1v) is 11.9. The van der Waals surface area contributed by atoms with Crippen molar-refractivity contribution in [2.45, 2.75) is 6.54 Å². The minimum absolute atomic E-state index is 0.109. The van der Waals surface area contributed by atoms with Crippen LogP contribution in [0.1, 0.15) is 15.9 Å². The van der Waals surface area contributed by atoms with E-state index < -0.39 is 11.8 Å². The highest BCUT2D eigenvalue weighted by Crippen LogP contribution is 2.36. The fourth-order valence-corrected chi connectivity index (χ4v) is 4.37. The molecule has 35 heavy (non-hydrogen) atoms. The SMILES string of the molecule is O=C(NCc1ccc(Cl)cc1Cl)c1cccc(NC2=C(Cl)C(=O)N(c3cc(Cl)ccc3Cl)C2=O)c1. The maximum Gasteiger partial charge on any atom is 0.283 e. The number of hydrogen-bond donors (Lipinski definition) is 2. The monoisotopic (exact) mass is 567 g/mol. The zero-order valence-electron chi connectivity index (χ0n) is 17.5. The van der Waals surface area contributed by atoms with Crippen molar-refractivity contribution in [1.82, 2.24) is 5.32 Å². The third-order valence-electron chi connectivity index (χ3n) is 5.02. The van der Waals surface area contributed by atoms with Gasteiger partial charge in [0.25, 0.3) is 17.7 Å². The molecule has 1 aliphatic heterocycles. The van der Waals surface area contributed by atoms with E-state index >= 15 is 0 Å². The fraction of sp³-hybridized carbons (Fsp3) is 0.0417. The Bertz CT molecular complexity index is 1410. The number of amides is 3. The minimum atomic E-state index is -0.753. The van der Waals surface area contributed by atoms with E-state index in [0.29, 0.717) is 31.9 Å². The van der Waals surface area contributed by atoms with Gasteiger partial charge in [-0.3, -0.25) is 14.4 Å². The van der Waals surface area contributed by atoms with Crippen LogP contribution in [0.3, 0.4) is 0 Å². The van der Waals surface area contributed by atoms with Crippen LogP contribution in [0.4, 0.5) is 11.4 Å². The molecule has 178 valence electrons. The third kappa shape index (κ3) is 5.42. The van der Waals surface area contributed by atoms with Gasteiger partial charge in [-0.2, -0.15) is 0 Å². The quantitative estimate of drug-likeness (QED) is 0.325.